The maximum absolute atomic E-state index is 12.3. The molecule has 0 unspecified atom stereocenters. The van der Waals surface area contributed by atoms with Crippen molar-refractivity contribution in [2.45, 2.75) is 19.0 Å². The Morgan fingerprint density at radius 2 is 2.11 bits per heavy atom. The van der Waals surface area contributed by atoms with Crippen LogP contribution in [0, 0.1) is 24.0 Å². The van der Waals surface area contributed by atoms with Crippen molar-refractivity contribution in [1.29, 1.82) is 0 Å². The molecule has 3 rings (SSSR count). The zero-order valence-corrected chi connectivity index (χ0v) is 16.6. The summed E-state index contributed by atoms with van der Waals surface area (Å²) < 4.78 is 1.74. The molecule has 28 heavy (non-hydrogen) atoms. The molecule has 0 aliphatic carbocycles. The second kappa shape index (κ2) is 8.41. The third kappa shape index (κ3) is 4.32. The van der Waals surface area contributed by atoms with Crippen LogP contribution < -0.4 is 5.32 Å². The van der Waals surface area contributed by atoms with Crippen molar-refractivity contribution in [2.24, 2.45) is 0 Å². The molecule has 2 aromatic carbocycles. The molecule has 1 aromatic heterocycles. The number of amides is 1. The van der Waals surface area contributed by atoms with Gasteiger partial charge in [-0.05, 0) is 37.6 Å². The molecule has 0 atom stereocenters. The van der Waals surface area contributed by atoms with Gasteiger partial charge in [0, 0.05) is 11.1 Å². The van der Waals surface area contributed by atoms with Crippen molar-refractivity contribution in [1.82, 2.24) is 14.8 Å². The number of aromatic nitrogens is 3. The Morgan fingerprint density at radius 3 is 2.82 bits per heavy atom. The van der Waals surface area contributed by atoms with E-state index in [1.165, 1.54) is 23.9 Å². The summed E-state index contributed by atoms with van der Waals surface area (Å²) in [5.41, 5.74) is 2.52. The zero-order valence-electron chi connectivity index (χ0n) is 15.0. The van der Waals surface area contributed by atoms with Gasteiger partial charge in [0.2, 0.25) is 5.91 Å². The van der Waals surface area contributed by atoms with Crippen LogP contribution in [-0.2, 0) is 4.79 Å². The number of hydrogen-bond acceptors (Lipinski definition) is 6. The van der Waals surface area contributed by atoms with Crippen LogP contribution >= 0.6 is 23.4 Å². The van der Waals surface area contributed by atoms with Crippen molar-refractivity contribution >= 4 is 40.6 Å². The van der Waals surface area contributed by atoms with Crippen LogP contribution in [-0.4, -0.2) is 31.3 Å². The molecule has 144 valence electrons. The molecule has 0 aliphatic heterocycles. The highest BCUT2D eigenvalue weighted by Crippen LogP contribution is 2.26. The van der Waals surface area contributed by atoms with Crippen LogP contribution in [0.15, 0.2) is 47.9 Å². The van der Waals surface area contributed by atoms with Crippen LogP contribution in [0.1, 0.15) is 11.1 Å². The van der Waals surface area contributed by atoms with Gasteiger partial charge in [0.15, 0.2) is 5.16 Å². The van der Waals surface area contributed by atoms with E-state index in [1.807, 2.05) is 19.1 Å². The highest BCUT2D eigenvalue weighted by molar-refractivity contribution is 7.99. The summed E-state index contributed by atoms with van der Waals surface area (Å²) in [5.74, 6) is -0.231. The molecule has 3 aromatic rings. The van der Waals surface area contributed by atoms with Crippen molar-refractivity contribution < 1.29 is 9.72 Å². The van der Waals surface area contributed by atoms with Gasteiger partial charge in [-0.3, -0.25) is 19.5 Å². The molecule has 1 N–H and O–H groups in total. The normalized spacial score (nSPS) is 10.7. The van der Waals surface area contributed by atoms with E-state index >= 15 is 0 Å². The topological polar surface area (TPSA) is 103 Å². The number of benzene rings is 2. The summed E-state index contributed by atoms with van der Waals surface area (Å²) in [6, 6.07) is 10.1. The molecule has 0 bridgehead atoms. The number of nitrogens with zero attached hydrogens (tertiary/aromatic N) is 4. The third-order valence-electron chi connectivity index (χ3n) is 4.06. The number of nitro benzene ring substituents is 1. The maximum atomic E-state index is 12.3. The van der Waals surface area contributed by atoms with E-state index in [9.17, 15) is 14.9 Å². The number of aryl methyl sites for hydroxylation is 1. The number of nitrogens with one attached hydrogen (secondary N) is 1. The van der Waals surface area contributed by atoms with Gasteiger partial charge in [-0.25, -0.2) is 0 Å². The Bertz CT molecular complexity index is 1050. The summed E-state index contributed by atoms with van der Waals surface area (Å²) in [5, 5.41) is 22.8. The Labute approximate surface area is 170 Å². The maximum Gasteiger partial charge on any atom is 0.274 e. The first-order valence-corrected chi connectivity index (χ1v) is 9.56. The minimum atomic E-state index is -0.477. The van der Waals surface area contributed by atoms with E-state index in [2.05, 4.69) is 15.5 Å². The third-order valence-corrected chi connectivity index (χ3v) is 5.41. The van der Waals surface area contributed by atoms with Crippen molar-refractivity contribution in [3.8, 4) is 5.69 Å². The van der Waals surface area contributed by atoms with Gasteiger partial charge >= 0.3 is 0 Å². The van der Waals surface area contributed by atoms with Crippen LogP contribution in [0.2, 0.25) is 5.02 Å². The highest BCUT2D eigenvalue weighted by atomic mass is 35.5. The van der Waals surface area contributed by atoms with Gasteiger partial charge < -0.3 is 5.32 Å². The second-order valence-electron chi connectivity index (χ2n) is 5.96. The Morgan fingerprint density at radius 1 is 1.32 bits per heavy atom. The minimum absolute atomic E-state index is 0.0403. The first-order valence-electron chi connectivity index (χ1n) is 8.20. The van der Waals surface area contributed by atoms with Gasteiger partial charge in [0.1, 0.15) is 6.33 Å². The van der Waals surface area contributed by atoms with Gasteiger partial charge in [-0.15, -0.1) is 10.2 Å². The summed E-state index contributed by atoms with van der Waals surface area (Å²) in [6.07, 6.45) is 1.55. The smallest absolute Gasteiger partial charge is 0.274 e. The first kappa shape index (κ1) is 19.8. The first-order chi connectivity index (χ1) is 13.4. The number of carbonyl (C=O) groups excluding carboxylic acids is 1. The molecule has 0 fully saturated rings. The Kier molecular flexibility index (Phi) is 5.96. The quantitative estimate of drug-likeness (QED) is 0.366. The SMILES string of the molecule is Cc1ccc(-n2cnnc2SCC(=O)Nc2cccc([N+](=O)[O-])c2C)cc1Cl. The lowest BCUT2D eigenvalue weighted by Gasteiger charge is -2.09. The van der Waals surface area contributed by atoms with Gasteiger partial charge in [-0.2, -0.15) is 0 Å². The molecule has 0 spiro atoms. The molecular formula is C18H16ClN5O3S. The Balaban J connectivity index is 1.70. The average Bonchev–Trinajstić information content (AvgIpc) is 3.12. The lowest BCUT2D eigenvalue weighted by atomic mass is 10.1. The molecule has 1 heterocycles. The number of halogens is 1. The summed E-state index contributed by atoms with van der Waals surface area (Å²) >= 11 is 7.38. The number of anilines is 1. The lowest BCUT2D eigenvalue weighted by molar-refractivity contribution is -0.385. The Hall–Kier alpha value is -2.91. The van der Waals surface area contributed by atoms with Gasteiger partial charge in [0.25, 0.3) is 5.69 Å². The molecule has 10 heteroatoms. The lowest BCUT2D eigenvalue weighted by Crippen LogP contribution is -2.15. The zero-order chi connectivity index (χ0) is 20.3. The number of carbonyl (C=O) groups is 1. The minimum Gasteiger partial charge on any atom is -0.325 e. The number of nitro groups is 1. The van der Waals surface area contributed by atoms with Crippen LogP contribution in [0.25, 0.3) is 5.69 Å². The molecule has 0 radical (unpaired) electrons. The molecule has 8 nitrogen and oxygen atoms in total. The van der Waals surface area contributed by atoms with E-state index in [4.69, 9.17) is 11.6 Å². The van der Waals surface area contributed by atoms with Crippen molar-refractivity contribution in [3.63, 3.8) is 0 Å². The van der Waals surface area contributed by atoms with Crippen LogP contribution in [0.3, 0.4) is 0 Å². The summed E-state index contributed by atoms with van der Waals surface area (Å²) in [7, 11) is 0. The number of thioether (sulfide) groups is 1. The fourth-order valence-corrected chi connectivity index (χ4v) is 3.41. The molecule has 0 aliphatic rings. The van der Waals surface area contributed by atoms with Crippen molar-refractivity contribution in [2.75, 3.05) is 11.1 Å². The van der Waals surface area contributed by atoms with E-state index in [1.54, 1.807) is 30.0 Å². The van der Waals surface area contributed by atoms with E-state index < -0.39 is 4.92 Å². The largest absolute Gasteiger partial charge is 0.325 e. The van der Waals surface area contributed by atoms with E-state index in [-0.39, 0.29) is 17.3 Å². The standard InChI is InChI=1S/C18H16ClN5O3S/c1-11-6-7-13(8-14(11)19)23-10-20-22-18(23)28-9-17(25)21-15-4-3-5-16(12(15)2)24(26)27/h3-8,10H,9H2,1-2H3,(H,21,25). The van der Waals surface area contributed by atoms with Crippen molar-refractivity contribution in [3.05, 3.63) is 69.0 Å². The van der Waals surface area contributed by atoms with E-state index in [0.29, 0.717) is 21.4 Å². The molecule has 0 saturated heterocycles. The summed E-state index contributed by atoms with van der Waals surface area (Å²) in [6.45, 7) is 3.51. The predicted molar refractivity (Wildman–Crippen MR) is 108 cm³/mol. The monoisotopic (exact) mass is 417 g/mol. The highest BCUT2D eigenvalue weighted by Gasteiger charge is 2.16. The van der Waals surface area contributed by atoms with Gasteiger partial charge in [0.05, 0.1) is 27.6 Å². The van der Waals surface area contributed by atoms with Crippen LogP contribution in [0.5, 0.6) is 0 Å². The molecule has 0 saturated carbocycles. The average molecular weight is 418 g/mol. The number of hydrogen-bond donors (Lipinski definition) is 1. The fraction of sp³-hybridized carbons (Fsp3) is 0.167. The fourth-order valence-electron chi connectivity index (χ4n) is 2.50. The molecular weight excluding hydrogens is 402 g/mol. The van der Waals surface area contributed by atoms with Crippen LogP contribution in [0.4, 0.5) is 11.4 Å². The molecule has 1 amide bonds. The second-order valence-corrected chi connectivity index (χ2v) is 7.31. The number of rotatable bonds is 6. The van der Waals surface area contributed by atoms with Gasteiger partial charge in [-0.1, -0.05) is 35.5 Å². The summed E-state index contributed by atoms with van der Waals surface area (Å²) in [4.78, 5) is 22.8. The van der Waals surface area contributed by atoms with E-state index in [0.717, 1.165) is 11.3 Å². The predicted octanol–water partition coefficient (Wildman–Crippen LogP) is 4.18.